The molecule has 214 valence electrons. The van der Waals surface area contributed by atoms with Crippen LogP contribution in [0.15, 0.2) is 48.5 Å². The molecule has 2 rings (SSSR count). The van der Waals surface area contributed by atoms with E-state index >= 15 is 0 Å². The van der Waals surface area contributed by atoms with Gasteiger partial charge in [-0.3, -0.25) is 9.36 Å². The maximum absolute atomic E-state index is 12.9. The van der Waals surface area contributed by atoms with Crippen molar-refractivity contribution in [1.29, 1.82) is 0 Å². The number of hydrogen-bond acceptors (Lipinski definition) is 8. The first-order chi connectivity index (χ1) is 18.6. The molecular formula is C29H40NO8P. The predicted octanol–water partition coefficient (Wildman–Crippen LogP) is 5.10. The molecule has 0 atom stereocenters. The minimum atomic E-state index is -3.11. The van der Waals surface area contributed by atoms with Gasteiger partial charge in [-0.05, 0) is 62.8 Å². The molecule has 0 saturated carbocycles. The Kier molecular flexibility index (Phi) is 12.8. The minimum Gasteiger partial charge on any atom is -0.464 e. The van der Waals surface area contributed by atoms with Crippen molar-refractivity contribution in [1.82, 2.24) is 5.32 Å². The predicted molar refractivity (Wildman–Crippen MR) is 149 cm³/mol. The maximum atomic E-state index is 12.9. The summed E-state index contributed by atoms with van der Waals surface area (Å²) in [5, 5.41) is 2.49. The summed E-state index contributed by atoms with van der Waals surface area (Å²) in [5.41, 5.74) is 1.67. The molecule has 10 heteroatoms. The number of ether oxygens (including phenoxy) is 2. The van der Waals surface area contributed by atoms with Crippen molar-refractivity contribution in [2.75, 3.05) is 32.6 Å². The lowest BCUT2D eigenvalue weighted by molar-refractivity contribution is -0.168. The van der Waals surface area contributed by atoms with Crippen molar-refractivity contribution in [3.63, 3.8) is 0 Å². The summed E-state index contributed by atoms with van der Waals surface area (Å²) >= 11 is 0. The largest absolute Gasteiger partial charge is 0.464 e. The Morgan fingerprint density at radius 3 is 1.90 bits per heavy atom. The number of aryl methyl sites for hydroxylation is 1. The zero-order chi connectivity index (χ0) is 28.9. The average Bonchev–Trinajstić information content (AvgIpc) is 2.89. The Labute approximate surface area is 231 Å². The topological polar surface area (TPSA) is 117 Å². The summed E-state index contributed by atoms with van der Waals surface area (Å²) in [5.74, 6) is -2.30. The van der Waals surface area contributed by atoms with Gasteiger partial charge in [-0.1, -0.05) is 48.5 Å². The van der Waals surface area contributed by atoms with Gasteiger partial charge in [0, 0.05) is 13.3 Å². The van der Waals surface area contributed by atoms with E-state index in [-0.39, 0.29) is 19.6 Å². The summed E-state index contributed by atoms with van der Waals surface area (Å²) in [6, 6.07) is 15.3. The summed E-state index contributed by atoms with van der Waals surface area (Å²) < 4.78 is 33.9. The van der Waals surface area contributed by atoms with E-state index < -0.39 is 31.0 Å². The molecule has 39 heavy (non-hydrogen) atoms. The fourth-order valence-electron chi connectivity index (χ4n) is 4.33. The third-order valence-electron chi connectivity index (χ3n) is 5.92. The first kappa shape index (κ1) is 32.2. The second-order valence-corrected chi connectivity index (χ2v) is 11.0. The normalized spacial score (nSPS) is 11.6. The Bertz CT molecular complexity index is 1120. The number of carbonyl (C=O) groups excluding carboxylic acids is 3. The highest BCUT2D eigenvalue weighted by Crippen LogP contribution is 2.48. The van der Waals surface area contributed by atoms with E-state index in [9.17, 15) is 18.9 Å². The van der Waals surface area contributed by atoms with Gasteiger partial charge in [0.2, 0.25) is 11.4 Å². The van der Waals surface area contributed by atoms with Crippen LogP contribution in [0.2, 0.25) is 0 Å². The van der Waals surface area contributed by atoms with Gasteiger partial charge in [0.05, 0.1) is 32.6 Å². The van der Waals surface area contributed by atoms with Crippen LogP contribution in [0.1, 0.15) is 52.2 Å². The monoisotopic (exact) mass is 561 g/mol. The number of amides is 1. The van der Waals surface area contributed by atoms with Crippen molar-refractivity contribution in [3.05, 3.63) is 59.7 Å². The Balaban J connectivity index is 2.30. The molecule has 1 N–H and O–H groups in total. The fourth-order valence-corrected chi connectivity index (χ4v) is 6.00. The van der Waals surface area contributed by atoms with Crippen LogP contribution in [-0.4, -0.2) is 56.0 Å². The molecule has 0 unspecified atom stereocenters. The molecule has 1 amide bonds. The summed E-state index contributed by atoms with van der Waals surface area (Å²) in [4.78, 5) is 37.9. The lowest BCUT2D eigenvalue weighted by atomic mass is 9.89. The van der Waals surface area contributed by atoms with Crippen molar-refractivity contribution in [2.24, 2.45) is 0 Å². The van der Waals surface area contributed by atoms with Crippen LogP contribution in [0, 0.1) is 0 Å². The van der Waals surface area contributed by atoms with Crippen LogP contribution in [0.3, 0.4) is 0 Å². The first-order valence-corrected chi connectivity index (χ1v) is 15.1. The highest BCUT2D eigenvalue weighted by Gasteiger charge is 2.50. The van der Waals surface area contributed by atoms with Gasteiger partial charge in [0.1, 0.15) is 0 Å². The van der Waals surface area contributed by atoms with Crippen LogP contribution in [0.5, 0.6) is 0 Å². The Hall–Kier alpha value is -3.00. The SMILES string of the molecule is CCOC(=O)C(Cc1ccc(-c2ccccc2CCCP(=O)(OCC)OCC)cc1)(NC(C)=O)C(=O)OCC. The lowest BCUT2D eigenvalue weighted by Crippen LogP contribution is -2.62. The van der Waals surface area contributed by atoms with Gasteiger partial charge in [-0.2, -0.15) is 0 Å². The minimum absolute atomic E-state index is 0.0416. The number of hydrogen-bond donors (Lipinski definition) is 1. The zero-order valence-corrected chi connectivity index (χ0v) is 24.4. The molecule has 0 spiro atoms. The highest BCUT2D eigenvalue weighted by atomic mass is 31.2. The molecule has 0 heterocycles. The van der Waals surface area contributed by atoms with Crippen molar-refractivity contribution < 1.29 is 37.5 Å². The fraction of sp³-hybridized carbons (Fsp3) is 0.483. The number of nitrogens with one attached hydrogen (secondary N) is 1. The van der Waals surface area contributed by atoms with Crippen LogP contribution < -0.4 is 5.32 Å². The van der Waals surface area contributed by atoms with E-state index in [4.69, 9.17) is 18.5 Å². The summed E-state index contributed by atoms with van der Waals surface area (Å²) in [6.45, 7) is 8.81. The van der Waals surface area contributed by atoms with E-state index in [0.29, 0.717) is 37.8 Å². The molecule has 0 bridgehead atoms. The van der Waals surface area contributed by atoms with Gasteiger partial charge in [0.25, 0.3) is 0 Å². The van der Waals surface area contributed by atoms with Crippen LogP contribution in [0.4, 0.5) is 0 Å². The van der Waals surface area contributed by atoms with E-state index in [0.717, 1.165) is 16.7 Å². The first-order valence-electron chi connectivity index (χ1n) is 13.3. The third kappa shape index (κ3) is 9.02. The van der Waals surface area contributed by atoms with E-state index in [1.807, 2.05) is 36.4 Å². The van der Waals surface area contributed by atoms with Crippen molar-refractivity contribution in [3.8, 4) is 11.1 Å². The standard InChI is InChI=1S/C29H40NO8P/c1-6-35-27(32)29(30-22(5)31,28(33)36-7-2)21-23-16-18-25(19-17-23)26-15-11-10-13-24(26)14-12-20-39(34,37-8-3)38-9-4/h10-11,13,15-19H,6-9,12,14,20-21H2,1-5H3,(H,30,31). The van der Waals surface area contributed by atoms with E-state index in [1.165, 1.54) is 6.92 Å². The van der Waals surface area contributed by atoms with Crippen LogP contribution in [0.25, 0.3) is 11.1 Å². The molecule has 0 aliphatic heterocycles. The summed E-state index contributed by atoms with van der Waals surface area (Å²) in [7, 11) is -3.11. The van der Waals surface area contributed by atoms with Gasteiger partial charge in [0.15, 0.2) is 0 Å². The third-order valence-corrected chi connectivity index (χ3v) is 8.09. The van der Waals surface area contributed by atoms with Crippen molar-refractivity contribution >= 4 is 25.4 Å². The van der Waals surface area contributed by atoms with Crippen LogP contribution >= 0.6 is 7.60 Å². The molecule has 0 fully saturated rings. The number of carbonyl (C=O) groups is 3. The number of rotatable bonds is 16. The Morgan fingerprint density at radius 2 is 1.38 bits per heavy atom. The molecule has 0 radical (unpaired) electrons. The summed E-state index contributed by atoms with van der Waals surface area (Å²) in [6.07, 6.45) is 1.51. The number of esters is 2. The molecule has 9 nitrogen and oxygen atoms in total. The van der Waals surface area contributed by atoms with Gasteiger partial charge < -0.3 is 23.8 Å². The Morgan fingerprint density at radius 1 is 0.821 bits per heavy atom. The van der Waals surface area contributed by atoms with Gasteiger partial charge in [-0.25, -0.2) is 9.59 Å². The molecule has 0 aliphatic rings. The molecule has 2 aromatic carbocycles. The highest BCUT2D eigenvalue weighted by molar-refractivity contribution is 7.53. The average molecular weight is 562 g/mol. The molecule has 0 saturated heterocycles. The van der Waals surface area contributed by atoms with E-state index in [2.05, 4.69) is 5.32 Å². The van der Waals surface area contributed by atoms with E-state index in [1.54, 1.807) is 39.8 Å². The second-order valence-electron chi connectivity index (χ2n) is 8.83. The zero-order valence-electron chi connectivity index (χ0n) is 23.5. The molecule has 0 aromatic heterocycles. The van der Waals surface area contributed by atoms with Crippen molar-refractivity contribution in [2.45, 2.75) is 59.4 Å². The van der Waals surface area contributed by atoms with Crippen LogP contribution in [-0.2, 0) is 50.3 Å². The molecule has 0 aliphatic carbocycles. The molecular weight excluding hydrogens is 521 g/mol. The smallest absolute Gasteiger partial charge is 0.344 e. The lowest BCUT2D eigenvalue weighted by Gasteiger charge is -2.29. The number of benzene rings is 2. The second kappa shape index (κ2) is 15.6. The quantitative estimate of drug-likeness (QED) is 0.171. The van der Waals surface area contributed by atoms with Gasteiger partial charge >= 0.3 is 19.5 Å². The maximum Gasteiger partial charge on any atom is 0.344 e. The molecule has 2 aromatic rings. The van der Waals surface area contributed by atoms with Gasteiger partial charge in [-0.15, -0.1) is 0 Å².